The number of thiophene rings is 1. The molecule has 0 aliphatic rings. The van der Waals surface area contributed by atoms with Crippen molar-refractivity contribution in [1.29, 1.82) is 0 Å². The van der Waals surface area contributed by atoms with Gasteiger partial charge in [0.05, 0.1) is 6.54 Å². The van der Waals surface area contributed by atoms with E-state index in [1.807, 2.05) is 0 Å². The number of carbonyl (C=O) groups is 1. The van der Waals surface area contributed by atoms with Gasteiger partial charge in [-0.15, -0.1) is 11.3 Å². The molecule has 0 aliphatic heterocycles. The summed E-state index contributed by atoms with van der Waals surface area (Å²) in [6.45, 7) is 2.17. The Labute approximate surface area is 169 Å². The third-order valence-electron chi connectivity index (χ3n) is 3.83. The van der Waals surface area contributed by atoms with Crippen molar-refractivity contribution < 1.29 is 27.9 Å². The van der Waals surface area contributed by atoms with Gasteiger partial charge in [0.15, 0.2) is 0 Å². The van der Waals surface area contributed by atoms with Gasteiger partial charge in [0.25, 0.3) is 5.91 Å². The summed E-state index contributed by atoms with van der Waals surface area (Å²) in [6.07, 6.45) is 2.89. The van der Waals surface area contributed by atoms with E-state index in [0.717, 1.165) is 0 Å². The summed E-state index contributed by atoms with van der Waals surface area (Å²) in [7, 11) is -5.70. The molecule has 0 saturated heterocycles. The van der Waals surface area contributed by atoms with Gasteiger partial charge >= 0.3 is 13.3 Å². The zero-order chi connectivity index (χ0) is 20.7. The predicted molar refractivity (Wildman–Crippen MR) is 102 cm³/mol. The summed E-state index contributed by atoms with van der Waals surface area (Å²) in [5.74, 6) is -0.420. The molecule has 1 amide bonds. The summed E-state index contributed by atoms with van der Waals surface area (Å²) in [5.41, 5.74) is -4.10. The van der Waals surface area contributed by atoms with Crippen LogP contribution in [0.5, 0.6) is 0 Å². The normalized spacial score (nSPS) is 13.6. The molecule has 150 valence electrons. The highest BCUT2D eigenvalue weighted by molar-refractivity contribution is 9.10. The molecule has 2 aromatic heterocycles. The summed E-state index contributed by atoms with van der Waals surface area (Å²) in [4.78, 5) is 33.4. The van der Waals surface area contributed by atoms with Crippen LogP contribution in [0.15, 0.2) is 35.3 Å². The molecule has 0 spiro atoms. The monoisotopic (exact) mass is 494 g/mol. The van der Waals surface area contributed by atoms with Gasteiger partial charge in [0.1, 0.15) is 17.5 Å². The van der Waals surface area contributed by atoms with Crippen LogP contribution in [-0.4, -0.2) is 36.5 Å². The van der Waals surface area contributed by atoms with Crippen molar-refractivity contribution in [3.8, 4) is 0 Å². The van der Waals surface area contributed by atoms with E-state index in [1.54, 1.807) is 11.6 Å². The second-order valence-corrected chi connectivity index (χ2v) is 9.53. The minimum absolute atomic E-state index is 0.147. The number of halogens is 3. The molecule has 0 fully saturated rings. The van der Waals surface area contributed by atoms with Gasteiger partial charge in [0.2, 0.25) is 0 Å². The van der Waals surface area contributed by atoms with E-state index >= 15 is 0 Å². The lowest BCUT2D eigenvalue weighted by Crippen LogP contribution is -2.35. The number of fused-ring (bicyclic) bond motifs is 1. The number of nitrogens with zero attached hydrogens (tertiary/aromatic N) is 3. The van der Waals surface area contributed by atoms with Crippen LogP contribution in [0.2, 0.25) is 0 Å². The molecule has 2 heterocycles. The summed E-state index contributed by atoms with van der Waals surface area (Å²) >= 11 is 3.55. The van der Waals surface area contributed by atoms with Crippen LogP contribution in [0.4, 0.5) is 8.78 Å². The standard InChI is InChI=1S/C15H14BrF2N4O4PS/c1-8(5-22-7-19-6-20-22)21-14(23)9-2-3-11-10(4-9)12(16)13(28-11)15(17,18)27(24,25)26/h2-4,6-8H,5H2,1H3,(H,21,23)(H2,24,25,26). The van der Waals surface area contributed by atoms with Gasteiger partial charge in [-0.2, -0.15) is 13.9 Å². The Hall–Kier alpha value is -1.72. The number of aromatic nitrogens is 3. The molecule has 1 aromatic carbocycles. The second kappa shape index (κ2) is 7.60. The molecule has 13 heteroatoms. The Bertz CT molecular complexity index is 1070. The van der Waals surface area contributed by atoms with Crippen molar-refractivity contribution in [3.63, 3.8) is 0 Å². The predicted octanol–water partition coefficient (Wildman–Crippen LogP) is 3.30. The molecule has 3 N–H and O–H groups in total. The maximum absolute atomic E-state index is 14.1. The van der Waals surface area contributed by atoms with Crippen LogP contribution < -0.4 is 5.32 Å². The Morgan fingerprint density at radius 2 is 2.18 bits per heavy atom. The van der Waals surface area contributed by atoms with E-state index in [1.165, 1.54) is 30.9 Å². The molecule has 8 nitrogen and oxygen atoms in total. The highest BCUT2D eigenvalue weighted by atomic mass is 79.9. The first kappa shape index (κ1) is 21.0. The van der Waals surface area contributed by atoms with E-state index in [0.29, 0.717) is 22.6 Å². The largest absolute Gasteiger partial charge is 0.400 e. The lowest BCUT2D eigenvalue weighted by molar-refractivity contribution is 0.0595. The zero-order valence-corrected chi connectivity index (χ0v) is 17.5. The highest BCUT2D eigenvalue weighted by Crippen LogP contribution is 2.62. The van der Waals surface area contributed by atoms with E-state index in [2.05, 4.69) is 31.3 Å². The van der Waals surface area contributed by atoms with E-state index in [4.69, 9.17) is 9.79 Å². The maximum atomic E-state index is 14.1. The SMILES string of the molecule is CC(Cn1cncn1)NC(=O)c1ccc2sc(C(F)(F)P(=O)(O)O)c(Br)c2c1. The topological polar surface area (TPSA) is 117 Å². The Morgan fingerprint density at radius 3 is 2.79 bits per heavy atom. The molecule has 0 saturated carbocycles. The molecular formula is C15H14BrF2N4O4PS. The first-order chi connectivity index (χ1) is 13.0. The van der Waals surface area contributed by atoms with Crippen LogP contribution in [0, 0.1) is 0 Å². The quantitative estimate of drug-likeness (QED) is 0.452. The summed E-state index contributed by atoms with van der Waals surface area (Å²) in [6, 6.07) is 4.04. The number of rotatable bonds is 6. The molecule has 3 aromatic rings. The average molecular weight is 495 g/mol. The first-order valence-corrected chi connectivity index (χ1v) is 11.0. The summed E-state index contributed by atoms with van der Waals surface area (Å²) < 4.78 is 41.1. The van der Waals surface area contributed by atoms with Crippen molar-refractivity contribution in [1.82, 2.24) is 20.1 Å². The number of alkyl halides is 2. The lowest BCUT2D eigenvalue weighted by Gasteiger charge is -2.16. The van der Waals surface area contributed by atoms with Crippen LogP contribution >= 0.6 is 34.9 Å². The van der Waals surface area contributed by atoms with Gasteiger partial charge < -0.3 is 15.1 Å². The number of benzene rings is 1. The molecule has 1 unspecified atom stereocenters. The minimum atomic E-state index is -5.70. The van der Waals surface area contributed by atoms with E-state index in [9.17, 15) is 18.1 Å². The second-order valence-electron chi connectivity index (χ2n) is 6.03. The smallest absolute Gasteiger partial charge is 0.348 e. The molecule has 1 atom stereocenters. The molecular weight excluding hydrogens is 481 g/mol. The minimum Gasteiger partial charge on any atom is -0.348 e. The van der Waals surface area contributed by atoms with E-state index < -0.39 is 24.0 Å². The summed E-state index contributed by atoms with van der Waals surface area (Å²) in [5, 5.41) is 6.98. The first-order valence-electron chi connectivity index (χ1n) is 7.80. The zero-order valence-electron chi connectivity index (χ0n) is 14.2. The number of amides is 1. The fourth-order valence-electron chi connectivity index (χ4n) is 2.49. The van der Waals surface area contributed by atoms with Crippen molar-refractivity contribution in [3.05, 3.63) is 45.8 Å². The van der Waals surface area contributed by atoms with E-state index in [-0.39, 0.29) is 21.5 Å². The molecule has 3 rings (SSSR count). The Kier molecular flexibility index (Phi) is 5.70. The van der Waals surface area contributed by atoms with Crippen LogP contribution in [0.25, 0.3) is 10.1 Å². The van der Waals surface area contributed by atoms with Gasteiger partial charge in [-0.05, 0) is 41.1 Å². The number of hydrogen-bond donors (Lipinski definition) is 3. The third kappa shape index (κ3) is 4.01. The van der Waals surface area contributed by atoms with Gasteiger partial charge in [-0.1, -0.05) is 0 Å². The van der Waals surface area contributed by atoms with Gasteiger partial charge in [0, 0.05) is 26.2 Å². The maximum Gasteiger partial charge on any atom is 0.400 e. The highest BCUT2D eigenvalue weighted by Gasteiger charge is 2.53. The number of hydrogen-bond acceptors (Lipinski definition) is 5. The molecule has 0 bridgehead atoms. The van der Waals surface area contributed by atoms with Crippen LogP contribution in [0.1, 0.15) is 22.2 Å². The molecule has 0 aliphatic carbocycles. The van der Waals surface area contributed by atoms with Crippen molar-refractivity contribution in [2.75, 3.05) is 0 Å². The van der Waals surface area contributed by atoms with Crippen molar-refractivity contribution in [2.24, 2.45) is 0 Å². The number of carbonyl (C=O) groups excluding carboxylic acids is 1. The third-order valence-corrected chi connectivity index (χ3v) is 7.27. The van der Waals surface area contributed by atoms with Crippen LogP contribution in [-0.2, 0) is 16.8 Å². The average Bonchev–Trinajstić information content (AvgIpc) is 3.21. The molecule has 0 radical (unpaired) electrons. The van der Waals surface area contributed by atoms with Crippen LogP contribution in [0.3, 0.4) is 0 Å². The van der Waals surface area contributed by atoms with Crippen molar-refractivity contribution >= 4 is 50.9 Å². The Balaban J connectivity index is 1.87. The fraction of sp³-hybridized carbons (Fsp3) is 0.267. The number of nitrogens with one attached hydrogen (secondary N) is 1. The fourth-order valence-corrected chi connectivity index (χ4v) is 5.42. The Morgan fingerprint density at radius 1 is 1.46 bits per heavy atom. The lowest BCUT2D eigenvalue weighted by atomic mass is 10.1. The van der Waals surface area contributed by atoms with Gasteiger partial charge in [-0.25, -0.2) is 4.98 Å². The molecule has 28 heavy (non-hydrogen) atoms. The van der Waals surface area contributed by atoms with Crippen molar-refractivity contribution in [2.45, 2.75) is 25.2 Å². The van der Waals surface area contributed by atoms with Gasteiger partial charge in [-0.3, -0.25) is 14.0 Å².